The number of ether oxygens (including phenoxy) is 2. The van der Waals surface area contributed by atoms with Gasteiger partial charge in [-0.25, -0.2) is 9.59 Å². The molecule has 1 atom stereocenters. The Morgan fingerprint density at radius 3 is 2.28 bits per heavy atom. The maximum Gasteiger partial charge on any atom is 0.372 e. The van der Waals surface area contributed by atoms with Gasteiger partial charge in [-0.2, -0.15) is 0 Å². The Labute approximate surface area is 150 Å². The number of esters is 1. The summed E-state index contributed by atoms with van der Waals surface area (Å²) >= 11 is 0.760. The van der Waals surface area contributed by atoms with E-state index in [-0.39, 0.29) is 18.1 Å². The van der Waals surface area contributed by atoms with Crippen LogP contribution in [0.4, 0.5) is 4.79 Å². The molecule has 1 rings (SSSR count). The number of carbonyl (C=O) groups is 4. The second kappa shape index (κ2) is 10.5. The fourth-order valence-electron chi connectivity index (χ4n) is 1.90. The summed E-state index contributed by atoms with van der Waals surface area (Å²) in [5.41, 5.74) is 0.827. The van der Waals surface area contributed by atoms with Crippen LogP contribution in [0, 0.1) is 0 Å². The van der Waals surface area contributed by atoms with E-state index in [4.69, 9.17) is 9.47 Å². The molecule has 0 spiro atoms. The van der Waals surface area contributed by atoms with Crippen LogP contribution in [0.3, 0.4) is 0 Å². The number of hydrogen-bond donors (Lipinski definition) is 1. The maximum absolute atomic E-state index is 11.9. The minimum Gasteiger partial charge on any atom is -0.464 e. The third-order valence-corrected chi connectivity index (χ3v) is 3.71. The molecule has 0 saturated heterocycles. The largest absolute Gasteiger partial charge is 0.464 e. The third-order valence-electron chi connectivity index (χ3n) is 2.89. The summed E-state index contributed by atoms with van der Waals surface area (Å²) in [5.74, 6) is -0.625. The third kappa shape index (κ3) is 8.35. The Balaban J connectivity index is 2.55. The van der Waals surface area contributed by atoms with Gasteiger partial charge in [0.25, 0.3) is 0 Å². The predicted octanol–water partition coefficient (Wildman–Crippen LogP) is 2.12. The Kier molecular flexibility index (Phi) is 8.69. The number of Topliss-reactive ketones (excluding diaryl/α,β-unsaturated/α-hetero) is 1. The number of thioether (sulfide) groups is 1. The molecule has 0 bridgehead atoms. The number of ketones is 1. The highest BCUT2D eigenvalue weighted by molar-refractivity contribution is 8.13. The van der Waals surface area contributed by atoms with Crippen LogP contribution in [0.25, 0.3) is 0 Å². The van der Waals surface area contributed by atoms with Gasteiger partial charge in [-0.3, -0.25) is 9.59 Å². The van der Waals surface area contributed by atoms with Crippen molar-refractivity contribution in [1.82, 2.24) is 5.32 Å². The van der Waals surface area contributed by atoms with Gasteiger partial charge in [0, 0.05) is 19.1 Å². The van der Waals surface area contributed by atoms with E-state index in [0.29, 0.717) is 12.2 Å². The molecule has 7 nitrogen and oxygen atoms in total. The highest BCUT2D eigenvalue weighted by atomic mass is 32.2. The summed E-state index contributed by atoms with van der Waals surface area (Å²) in [4.78, 5) is 45.8. The molecule has 0 radical (unpaired) electrons. The summed E-state index contributed by atoms with van der Waals surface area (Å²) in [6.07, 6.45) is 0.320. The maximum atomic E-state index is 11.9. The van der Waals surface area contributed by atoms with E-state index in [1.807, 2.05) is 0 Å². The first-order valence-corrected chi connectivity index (χ1v) is 8.67. The summed E-state index contributed by atoms with van der Waals surface area (Å²) in [6, 6.07) is 5.66. The molecule has 1 amide bonds. The Morgan fingerprint density at radius 1 is 1.12 bits per heavy atom. The molecule has 1 aromatic carbocycles. The van der Waals surface area contributed by atoms with Crippen LogP contribution in [0.15, 0.2) is 24.3 Å². The number of benzene rings is 1. The van der Waals surface area contributed by atoms with Crippen molar-refractivity contribution in [2.24, 2.45) is 0 Å². The molecule has 1 N–H and O–H groups in total. The first-order valence-electron chi connectivity index (χ1n) is 7.68. The lowest BCUT2D eigenvalue weighted by Crippen LogP contribution is -2.43. The molecule has 8 heteroatoms. The zero-order valence-corrected chi connectivity index (χ0v) is 15.2. The van der Waals surface area contributed by atoms with Crippen LogP contribution in [-0.4, -0.2) is 41.4 Å². The number of hydrogen-bond acceptors (Lipinski definition) is 7. The van der Waals surface area contributed by atoms with E-state index in [9.17, 15) is 19.2 Å². The first kappa shape index (κ1) is 20.7. The smallest absolute Gasteiger partial charge is 0.372 e. The molecular weight excluding hydrogens is 346 g/mol. The molecular formula is C17H21NO6S. The summed E-state index contributed by atoms with van der Waals surface area (Å²) in [7, 11) is 0. The van der Waals surface area contributed by atoms with Gasteiger partial charge in [0.1, 0.15) is 17.6 Å². The number of rotatable bonds is 8. The molecule has 1 aromatic rings. The van der Waals surface area contributed by atoms with Crippen molar-refractivity contribution in [3.8, 4) is 5.75 Å². The van der Waals surface area contributed by atoms with Gasteiger partial charge in [-0.1, -0.05) is 12.1 Å². The highest BCUT2D eigenvalue weighted by Gasteiger charge is 2.22. The molecule has 0 aliphatic heterocycles. The fraction of sp³-hybridized carbons (Fsp3) is 0.412. The minimum atomic E-state index is -0.923. The molecule has 0 saturated carbocycles. The Bertz CT molecular complexity index is 629. The van der Waals surface area contributed by atoms with Crippen LogP contribution in [0.1, 0.15) is 26.3 Å². The highest BCUT2D eigenvalue weighted by Crippen LogP contribution is 2.17. The van der Waals surface area contributed by atoms with Gasteiger partial charge in [0.15, 0.2) is 0 Å². The second-order valence-corrected chi connectivity index (χ2v) is 6.15. The van der Waals surface area contributed by atoms with Crippen LogP contribution < -0.4 is 10.1 Å². The zero-order valence-electron chi connectivity index (χ0n) is 14.4. The van der Waals surface area contributed by atoms with Crippen molar-refractivity contribution in [1.29, 1.82) is 0 Å². The van der Waals surface area contributed by atoms with Gasteiger partial charge in [-0.15, -0.1) is 0 Å². The van der Waals surface area contributed by atoms with E-state index in [0.717, 1.165) is 17.3 Å². The number of amides is 1. The van der Waals surface area contributed by atoms with Crippen molar-refractivity contribution < 1.29 is 28.7 Å². The van der Waals surface area contributed by atoms with Gasteiger partial charge < -0.3 is 14.8 Å². The molecule has 0 fully saturated rings. The van der Waals surface area contributed by atoms with Gasteiger partial charge in [0.2, 0.25) is 5.91 Å². The van der Waals surface area contributed by atoms with E-state index < -0.39 is 23.2 Å². The Morgan fingerprint density at radius 2 is 1.76 bits per heavy atom. The fourth-order valence-corrected chi connectivity index (χ4v) is 2.57. The predicted molar refractivity (Wildman–Crippen MR) is 93.5 cm³/mol. The summed E-state index contributed by atoms with van der Waals surface area (Å²) in [5, 5.41) is 1.82. The topological polar surface area (TPSA) is 98.8 Å². The van der Waals surface area contributed by atoms with E-state index in [1.165, 1.54) is 13.8 Å². The standard InChI is InChI=1S/C17H21NO6S/c1-4-23-16(21)15(18-12(3)20)10-25-17(22)24-14-7-5-13(6-8-14)9-11(2)19/h5-8,15H,4,9-10H2,1-3H3,(H,18,20)/t15-/m0/s1. The monoisotopic (exact) mass is 367 g/mol. The zero-order chi connectivity index (χ0) is 18.8. The second-order valence-electron chi connectivity index (χ2n) is 5.19. The van der Waals surface area contributed by atoms with Gasteiger partial charge >= 0.3 is 11.3 Å². The van der Waals surface area contributed by atoms with Crippen LogP contribution in [-0.2, 0) is 25.5 Å². The summed E-state index contributed by atoms with van der Waals surface area (Å²) in [6.45, 7) is 4.61. The van der Waals surface area contributed by atoms with Crippen LogP contribution in [0.2, 0.25) is 0 Å². The summed E-state index contributed by atoms with van der Waals surface area (Å²) < 4.78 is 10.00. The lowest BCUT2D eigenvalue weighted by Gasteiger charge is -2.15. The molecule has 0 aliphatic rings. The van der Waals surface area contributed by atoms with Crippen molar-refractivity contribution in [3.63, 3.8) is 0 Å². The van der Waals surface area contributed by atoms with Crippen LogP contribution >= 0.6 is 11.8 Å². The average Bonchev–Trinajstić information content (AvgIpc) is 2.52. The molecule has 136 valence electrons. The molecule has 0 unspecified atom stereocenters. The lowest BCUT2D eigenvalue weighted by atomic mass is 10.1. The van der Waals surface area contributed by atoms with Crippen molar-refractivity contribution in [3.05, 3.63) is 29.8 Å². The molecule has 0 heterocycles. The van der Waals surface area contributed by atoms with Gasteiger partial charge in [0.05, 0.1) is 6.61 Å². The number of nitrogens with one attached hydrogen (secondary N) is 1. The van der Waals surface area contributed by atoms with Crippen LogP contribution in [0.5, 0.6) is 5.75 Å². The van der Waals surface area contributed by atoms with Crippen molar-refractivity contribution in [2.75, 3.05) is 12.4 Å². The van der Waals surface area contributed by atoms with E-state index >= 15 is 0 Å². The molecule has 0 aromatic heterocycles. The Hall–Kier alpha value is -2.35. The quantitative estimate of drug-likeness (QED) is 0.703. The first-order chi connectivity index (χ1) is 11.8. The van der Waals surface area contributed by atoms with E-state index in [1.54, 1.807) is 31.2 Å². The van der Waals surface area contributed by atoms with E-state index in [2.05, 4.69) is 5.32 Å². The minimum absolute atomic E-state index is 0.000331. The average molecular weight is 367 g/mol. The van der Waals surface area contributed by atoms with Gasteiger partial charge in [-0.05, 0) is 43.3 Å². The number of carbonyl (C=O) groups excluding carboxylic acids is 4. The molecule has 0 aliphatic carbocycles. The van der Waals surface area contributed by atoms with Crippen molar-refractivity contribution in [2.45, 2.75) is 33.2 Å². The molecule has 25 heavy (non-hydrogen) atoms. The van der Waals surface area contributed by atoms with Crippen molar-refractivity contribution >= 4 is 34.7 Å². The lowest BCUT2D eigenvalue weighted by molar-refractivity contribution is -0.146. The normalized spacial score (nSPS) is 11.3. The SMILES string of the molecule is CCOC(=O)[C@H](CSC(=O)Oc1ccc(CC(C)=O)cc1)NC(C)=O.